The summed E-state index contributed by atoms with van der Waals surface area (Å²) in [6.07, 6.45) is 3.21. The van der Waals surface area contributed by atoms with Crippen LogP contribution in [0, 0.1) is 5.92 Å². The molecule has 1 fully saturated rings. The maximum absolute atomic E-state index is 10.6. The Morgan fingerprint density at radius 3 is 2.67 bits per heavy atom. The summed E-state index contributed by atoms with van der Waals surface area (Å²) in [5, 5.41) is 0. The second-order valence-electron chi connectivity index (χ2n) is 5.22. The molecule has 3 atom stereocenters. The summed E-state index contributed by atoms with van der Waals surface area (Å²) >= 11 is 0. The van der Waals surface area contributed by atoms with E-state index in [1.54, 1.807) is 0 Å². The SMILES string of the molecule is CC(C)(C)ONC1CCC(C[P+](=O)[O-])C1. The van der Waals surface area contributed by atoms with Gasteiger partial charge in [-0.3, -0.25) is 4.84 Å². The molecule has 0 saturated heterocycles. The van der Waals surface area contributed by atoms with Crippen LogP contribution in [0.25, 0.3) is 0 Å². The summed E-state index contributed by atoms with van der Waals surface area (Å²) < 4.78 is 10.6. The van der Waals surface area contributed by atoms with Gasteiger partial charge >= 0.3 is 8.03 Å². The molecule has 0 amide bonds. The standard InChI is InChI=1S/C10H20NO3P/c1-10(2,3)14-11-9-5-4-8(6-9)7-15(12)13/h8-9,11H,4-7H2,1-3H3. The molecule has 3 unspecified atom stereocenters. The van der Waals surface area contributed by atoms with Crippen LogP contribution in [0.1, 0.15) is 40.0 Å². The van der Waals surface area contributed by atoms with E-state index in [1.165, 1.54) is 0 Å². The summed E-state index contributed by atoms with van der Waals surface area (Å²) in [5.41, 5.74) is 2.84. The highest BCUT2D eigenvalue weighted by atomic mass is 31.1. The maximum Gasteiger partial charge on any atom is 0.309 e. The van der Waals surface area contributed by atoms with Crippen molar-refractivity contribution in [2.75, 3.05) is 6.16 Å². The van der Waals surface area contributed by atoms with Gasteiger partial charge in [-0.2, -0.15) is 5.48 Å². The van der Waals surface area contributed by atoms with Crippen molar-refractivity contribution in [3.63, 3.8) is 0 Å². The van der Waals surface area contributed by atoms with E-state index in [0.717, 1.165) is 19.3 Å². The molecule has 15 heavy (non-hydrogen) atoms. The Kier molecular flexibility index (Phi) is 4.65. The Bertz CT molecular complexity index is 227. The normalized spacial score (nSPS) is 28.1. The zero-order chi connectivity index (χ0) is 11.5. The molecule has 1 rings (SSSR count). The fourth-order valence-corrected chi connectivity index (χ4v) is 2.57. The van der Waals surface area contributed by atoms with Gasteiger partial charge in [0, 0.05) is 12.0 Å². The second kappa shape index (κ2) is 5.35. The van der Waals surface area contributed by atoms with Gasteiger partial charge in [-0.25, -0.2) is 0 Å². The summed E-state index contributed by atoms with van der Waals surface area (Å²) in [7, 11) is -2.23. The van der Waals surface area contributed by atoms with Crippen LogP contribution >= 0.6 is 8.03 Å². The van der Waals surface area contributed by atoms with Gasteiger partial charge in [0.2, 0.25) is 0 Å². The molecule has 1 N–H and O–H groups in total. The molecule has 1 aliphatic carbocycles. The highest BCUT2D eigenvalue weighted by Gasteiger charge is 2.29. The van der Waals surface area contributed by atoms with Crippen molar-refractivity contribution in [2.45, 2.75) is 51.7 Å². The summed E-state index contributed by atoms with van der Waals surface area (Å²) in [5.74, 6) is 0.312. The molecule has 0 aromatic carbocycles. The highest BCUT2D eigenvalue weighted by Crippen LogP contribution is 2.30. The minimum Gasteiger partial charge on any atom is -0.596 e. The van der Waals surface area contributed by atoms with Crippen molar-refractivity contribution in [2.24, 2.45) is 5.92 Å². The fourth-order valence-electron chi connectivity index (χ4n) is 1.82. The topological polar surface area (TPSA) is 61.4 Å². The lowest BCUT2D eigenvalue weighted by molar-refractivity contribution is -0.164. The van der Waals surface area contributed by atoms with Crippen molar-refractivity contribution in [1.82, 2.24) is 5.48 Å². The first kappa shape index (κ1) is 13.0. The van der Waals surface area contributed by atoms with Crippen molar-refractivity contribution >= 4 is 8.03 Å². The van der Waals surface area contributed by atoms with Gasteiger partial charge in [0.15, 0.2) is 0 Å². The molecular weight excluding hydrogens is 213 g/mol. The zero-order valence-electron chi connectivity index (χ0n) is 9.66. The summed E-state index contributed by atoms with van der Waals surface area (Å²) in [6.45, 7) is 5.96. The first-order valence-corrected chi connectivity index (χ1v) is 6.78. The molecule has 0 aromatic rings. The average molecular weight is 233 g/mol. The van der Waals surface area contributed by atoms with Gasteiger partial charge < -0.3 is 4.89 Å². The number of rotatable bonds is 4. The summed E-state index contributed by atoms with van der Waals surface area (Å²) in [6, 6.07) is 0.309. The van der Waals surface area contributed by atoms with E-state index in [4.69, 9.17) is 4.84 Å². The molecule has 5 heteroatoms. The quantitative estimate of drug-likeness (QED) is 0.591. The van der Waals surface area contributed by atoms with Crippen LogP contribution in [0.5, 0.6) is 0 Å². The van der Waals surface area contributed by atoms with Crippen molar-refractivity contribution in [3.05, 3.63) is 0 Å². The third-order valence-corrected chi connectivity index (χ3v) is 3.29. The Morgan fingerprint density at radius 1 is 1.47 bits per heavy atom. The molecular formula is C10H20NO3P. The number of hydrogen-bond acceptors (Lipinski definition) is 4. The molecule has 1 aliphatic rings. The van der Waals surface area contributed by atoms with Crippen molar-refractivity contribution < 1.29 is 14.3 Å². The maximum atomic E-state index is 10.6. The molecule has 0 aromatic heterocycles. The lowest BCUT2D eigenvalue weighted by Gasteiger charge is -2.22. The van der Waals surface area contributed by atoms with Crippen molar-refractivity contribution in [1.29, 1.82) is 0 Å². The zero-order valence-corrected chi connectivity index (χ0v) is 10.5. The van der Waals surface area contributed by atoms with E-state index in [-0.39, 0.29) is 5.60 Å². The third kappa shape index (κ3) is 5.57. The van der Waals surface area contributed by atoms with E-state index in [9.17, 15) is 9.46 Å². The van der Waals surface area contributed by atoms with Crippen LogP contribution in [0.3, 0.4) is 0 Å². The van der Waals surface area contributed by atoms with Crippen LogP contribution in [-0.4, -0.2) is 17.8 Å². The van der Waals surface area contributed by atoms with Gasteiger partial charge in [-0.15, -0.1) is 0 Å². The molecule has 0 radical (unpaired) electrons. The van der Waals surface area contributed by atoms with Crippen LogP contribution in [0.4, 0.5) is 0 Å². The van der Waals surface area contributed by atoms with E-state index in [2.05, 4.69) is 5.48 Å². The van der Waals surface area contributed by atoms with E-state index < -0.39 is 8.03 Å². The van der Waals surface area contributed by atoms with Crippen LogP contribution in [0.2, 0.25) is 0 Å². The Labute approximate surface area is 92.2 Å². The van der Waals surface area contributed by atoms with Crippen LogP contribution in [-0.2, 0) is 9.40 Å². The van der Waals surface area contributed by atoms with E-state index >= 15 is 0 Å². The Morgan fingerprint density at radius 2 is 2.13 bits per heavy atom. The van der Waals surface area contributed by atoms with Gasteiger partial charge in [0.25, 0.3) is 0 Å². The smallest absolute Gasteiger partial charge is 0.309 e. The predicted molar refractivity (Wildman–Crippen MR) is 57.6 cm³/mol. The third-order valence-electron chi connectivity index (χ3n) is 2.48. The minimum atomic E-state index is -2.23. The molecule has 1 saturated carbocycles. The second-order valence-corrected chi connectivity index (χ2v) is 6.25. The van der Waals surface area contributed by atoms with Gasteiger partial charge in [0.1, 0.15) is 6.16 Å². The molecule has 0 bridgehead atoms. The summed E-state index contributed by atoms with van der Waals surface area (Å²) in [4.78, 5) is 16.0. The van der Waals surface area contributed by atoms with Gasteiger partial charge in [-0.05, 0) is 40.0 Å². The van der Waals surface area contributed by atoms with Gasteiger partial charge in [-0.1, -0.05) is 4.57 Å². The molecule has 0 heterocycles. The minimum absolute atomic E-state index is 0.193. The number of hydrogen-bond donors (Lipinski definition) is 1. The molecule has 88 valence electrons. The van der Waals surface area contributed by atoms with E-state index in [1.807, 2.05) is 20.8 Å². The fraction of sp³-hybridized carbons (Fsp3) is 1.00. The molecule has 0 aliphatic heterocycles. The average Bonchev–Trinajstić information content (AvgIpc) is 2.46. The van der Waals surface area contributed by atoms with Crippen LogP contribution < -0.4 is 10.4 Å². The first-order valence-electron chi connectivity index (χ1n) is 5.42. The lowest BCUT2D eigenvalue weighted by Crippen LogP contribution is -2.35. The number of hydroxylamine groups is 1. The predicted octanol–water partition coefficient (Wildman–Crippen LogP) is 1.58. The van der Waals surface area contributed by atoms with Crippen LogP contribution in [0.15, 0.2) is 0 Å². The number of nitrogens with one attached hydrogen (secondary N) is 1. The first-order chi connectivity index (χ1) is 6.87. The largest absolute Gasteiger partial charge is 0.596 e. The molecule has 4 nitrogen and oxygen atoms in total. The Balaban J connectivity index is 2.22. The monoisotopic (exact) mass is 233 g/mol. The molecule has 0 spiro atoms. The van der Waals surface area contributed by atoms with Crippen molar-refractivity contribution in [3.8, 4) is 0 Å². The lowest BCUT2D eigenvalue weighted by atomic mass is 10.1. The Hall–Kier alpha value is -0.0200. The highest BCUT2D eigenvalue weighted by molar-refractivity contribution is 7.36. The van der Waals surface area contributed by atoms with E-state index in [0.29, 0.717) is 18.1 Å². The van der Waals surface area contributed by atoms with Gasteiger partial charge in [0.05, 0.1) is 5.60 Å².